The molecule has 0 aliphatic rings. The van der Waals surface area contributed by atoms with Gasteiger partial charge in [0.25, 0.3) is 5.91 Å². The number of anilines is 1. The van der Waals surface area contributed by atoms with Crippen LogP contribution in [-0.4, -0.2) is 15.7 Å². The van der Waals surface area contributed by atoms with Crippen molar-refractivity contribution >= 4 is 27.7 Å². The lowest BCUT2D eigenvalue weighted by Gasteiger charge is -2.09. The standard InChI is InChI=1S/C17H13BrFN3O/c18-14-8-13(9-15(19)10-14)17(23)21-16-6-7-20-22(16)11-12-4-2-1-3-5-12/h1-10H,11H2,(H,21,23). The number of hydrogen-bond acceptors (Lipinski definition) is 2. The Hall–Kier alpha value is -2.47. The minimum atomic E-state index is -0.470. The minimum absolute atomic E-state index is 0.240. The molecule has 0 unspecified atom stereocenters. The second-order valence-corrected chi connectivity index (χ2v) is 5.89. The van der Waals surface area contributed by atoms with E-state index < -0.39 is 5.82 Å². The van der Waals surface area contributed by atoms with Gasteiger partial charge >= 0.3 is 0 Å². The number of nitrogens with one attached hydrogen (secondary N) is 1. The maximum absolute atomic E-state index is 13.4. The van der Waals surface area contributed by atoms with Crippen LogP contribution in [0.4, 0.5) is 10.2 Å². The fraction of sp³-hybridized carbons (Fsp3) is 0.0588. The molecule has 0 aliphatic carbocycles. The highest BCUT2D eigenvalue weighted by Gasteiger charge is 2.11. The molecule has 0 fully saturated rings. The quantitative estimate of drug-likeness (QED) is 0.748. The number of hydrogen-bond donors (Lipinski definition) is 1. The number of carbonyl (C=O) groups excluding carboxylic acids is 1. The highest BCUT2D eigenvalue weighted by molar-refractivity contribution is 9.10. The Bertz CT molecular complexity index is 813. The van der Waals surface area contributed by atoms with Crippen molar-refractivity contribution in [2.45, 2.75) is 6.54 Å². The van der Waals surface area contributed by atoms with Gasteiger partial charge in [-0.3, -0.25) is 4.79 Å². The van der Waals surface area contributed by atoms with E-state index in [4.69, 9.17) is 0 Å². The highest BCUT2D eigenvalue weighted by Crippen LogP contribution is 2.17. The first-order valence-electron chi connectivity index (χ1n) is 6.95. The van der Waals surface area contributed by atoms with E-state index in [1.165, 1.54) is 12.1 Å². The van der Waals surface area contributed by atoms with Crippen LogP contribution in [0.15, 0.2) is 65.3 Å². The van der Waals surface area contributed by atoms with Gasteiger partial charge in [0.1, 0.15) is 11.6 Å². The Kier molecular flexibility index (Phi) is 4.52. The first kappa shape index (κ1) is 15.4. The number of carbonyl (C=O) groups is 1. The molecule has 6 heteroatoms. The van der Waals surface area contributed by atoms with Gasteiger partial charge in [0.05, 0.1) is 12.7 Å². The van der Waals surface area contributed by atoms with Crippen molar-refractivity contribution in [1.82, 2.24) is 9.78 Å². The molecule has 0 spiro atoms. The SMILES string of the molecule is O=C(Nc1ccnn1Cc1ccccc1)c1cc(F)cc(Br)c1. The van der Waals surface area contributed by atoms with Gasteiger partial charge in [0.15, 0.2) is 0 Å². The van der Waals surface area contributed by atoms with Crippen molar-refractivity contribution in [3.8, 4) is 0 Å². The van der Waals surface area contributed by atoms with E-state index in [1.807, 2.05) is 30.3 Å². The Morgan fingerprint density at radius 3 is 2.70 bits per heavy atom. The molecule has 1 heterocycles. The van der Waals surface area contributed by atoms with Gasteiger partial charge in [-0.1, -0.05) is 46.3 Å². The van der Waals surface area contributed by atoms with E-state index in [-0.39, 0.29) is 11.5 Å². The smallest absolute Gasteiger partial charge is 0.256 e. The van der Waals surface area contributed by atoms with Gasteiger partial charge in [0.2, 0.25) is 0 Å². The molecule has 4 nitrogen and oxygen atoms in total. The van der Waals surface area contributed by atoms with Crippen molar-refractivity contribution in [2.75, 3.05) is 5.32 Å². The Labute approximate surface area is 141 Å². The van der Waals surface area contributed by atoms with Crippen LogP contribution < -0.4 is 5.32 Å². The van der Waals surface area contributed by atoms with Crippen LogP contribution in [0.2, 0.25) is 0 Å². The van der Waals surface area contributed by atoms with Crippen molar-refractivity contribution in [2.24, 2.45) is 0 Å². The maximum Gasteiger partial charge on any atom is 0.256 e. The molecule has 1 amide bonds. The van der Waals surface area contributed by atoms with E-state index in [2.05, 4.69) is 26.3 Å². The minimum Gasteiger partial charge on any atom is -0.307 e. The molecule has 0 saturated carbocycles. The number of halogens is 2. The van der Waals surface area contributed by atoms with Crippen molar-refractivity contribution in [3.05, 3.63) is 82.2 Å². The Balaban J connectivity index is 1.78. The molecule has 1 aromatic heterocycles. The summed E-state index contributed by atoms with van der Waals surface area (Å²) in [6, 6.07) is 15.6. The van der Waals surface area contributed by atoms with Gasteiger partial charge < -0.3 is 5.32 Å². The van der Waals surface area contributed by atoms with Crippen LogP contribution in [0.3, 0.4) is 0 Å². The first-order chi connectivity index (χ1) is 11.1. The second-order valence-electron chi connectivity index (χ2n) is 4.97. The lowest BCUT2D eigenvalue weighted by atomic mass is 10.2. The molecule has 0 bridgehead atoms. The summed E-state index contributed by atoms with van der Waals surface area (Å²) in [6.07, 6.45) is 1.61. The summed E-state index contributed by atoms with van der Waals surface area (Å²) in [6.45, 7) is 0.538. The fourth-order valence-corrected chi connectivity index (χ4v) is 2.66. The van der Waals surface area contributed by atoms with Crippen LogP contribution in [0.25, 0.3) is 0 Å². The second kappa shape index (κ2) is 6.75. The zero-order valence-corrected chi connectivity index (χ0v) is 13.6. The molecule has 0 atom stereocenters. The fourth-order valence-electron chi connectivity index (χ4n) is 2.19. The number of amides is 1. The lowest BCUT2D eigenvalue weighted by molar-refractivity contribution is 0.102. The third-order valence-electron chi connectivity index (χ3n) is 3.26. The van der Waals surface area contributed by atoms with Gasteiger partial charge in [-0.2, -0.15) is 5.10 Å². The molecule has 1 N–H and O–H groups in total. The predicted octanol–water partition coefficient (Wildman–Crippen LogP) is 4.09. The van der Waals surface area contributed by atoms with E-state index in [1.54, 1.807) is 23.0 Å². The average Bonchev–Trinajstić information content (AvgIpc) is 2.94. The average molecular weight is 374 g/mol. The van der Waals surface area contributed by atoms with E-state index in [0.717, 1.165) is 5.56 Å². The topological polar surface area (TPSA) is 46.9 Å². The number of rotatable bonds is 4. The maximum atomic E-state index is 13.4. The summed E-state index contributed by atoms with van der Waals surface area (Å²) in [5.74, 6) is -0.304. The third-order valence-corrected chi connectivity index (χ3v) is 3.72. The molecule has 0 radical (unpaired) electrons. The predicted molar refractivity (Wildman–Crippen MR) is 89.8 cm³/mol. The summed E-state index contributed by atoms with van der Waals surface area (Å²) in [7, 11) is 0. The summed E-state index contributed by atoms with van der Waals surface area (Å²) >= 11 is 3.18. The van der Waals surface area contributed by atoms with E-state index >= 15 is 0 Å². The molecular formula is C17H13BrFN3O. The Morgan fingerprint density at radius 2 is 1.96 bits per heavy atom. The van der Waals surface area contributed by atoms with Crippen LogP contribution in [0.5, 0.6) is 0 Å². The number of aromatic nitrogens is 2. The zero-order valence-electron chi connectivity index (χ0n) is 12.0. The molecule has 0 saturated heterocycles. The summed E-state index contributed by atoms with van der Waals surface area (Å²) in [5, 5.41) is 6.97. The van der Waals surface area contributed by atoms with Crippen molar-refractivity contribution < 1.29 is 9.18 Å². The van der Waals surface area contributed by atoms with Gasteiger partial charge in [0, 0.05) is 16.1 Å². The van der Waals surface area contributed by atoms with Crippen LogP contribution in [-0.2, 0) is 6.54 Å². The molecule has 0 aliphatic heterocycles. The van der Waals surface area contributed by atoms with Crippen LogP contribution in [0.1, 0.15) is 15.9 Å². The van der Waals surface area contributed by atoms with Crippen LogP contribution in [0, 0.1) is 5.82 Å². The monoisotopic (exact) mass is 373 g/mol. The van der Waals surface area contributed by atoms with E-state index in [0.29, 0.717) is 16.8 Å². The molecule has 3 rings (SSSR count). The molecule has 23 heavy (non-hydrogen) atoms. The summed E-state index contributed by atoms with van der Waals surface area (Å²) < 4.78 is 15.6. The van der Waals surface area contributed by atoms with Gasteiger partial charge in [-0.25, -0.2) is 9.07 Å². The number of nitrogens with zero attached hydrogens (tertiary/aromatic N) is 2. The summed E-state index contributed by atoms with van der Waals surface area (Å²) in [5.41, 5.74) is 1.31. The largest absolute Gasteiger partial charge is 0.307 e. The first-order valence-corrected chi connectivity index (χ1v) is 7.74. The van der Waals surface area contributed by atoms with Crippen molar-refractivity contribution in [3.63, 3.8) is 0 Å². The third kappa shape index (κ3) is 3.84. The lowest BCUT2D eigenvalue weighted by Crippen LogP contribution is -2.16. The van der Waals surface area contributed by atoms with E-state index in [9.17, 15) is 9.18 Å². The Morgan fingerprint density at radius 1 is 1.17 bits per heavy atom. The molecule has 3 aromatic rings. The van der Waals surface area contributed by atoms with Crippen LogP contribution >= 0.6 is 15.9 Å². The molecule has 116 valence electrons. The van der Waals surface area contributed by atoms with Gasteiger partial charge in [-0.05, 0) is 23.8 Å². The van der Waals surface area contributed by atoms with Gasteiger partial charge in [-0.15, -0.1) is 0 Å². The molecule has 2 aromatic carbocycles. The summed E-state index contributed by atoms with van der Waals surface area (Å²) in [4.78, 5) is 12.3. The highest BCUT2D eigenvalue weighted by atomic mass is 79.9. The van der Waals surface area contributed by atoms with Crippen molar-refractivity contribution in [1.29, 1.82) is 0 Å². The molecular weight excluding hydrogens is 361 g/mol. The number of benzene rings is 2. The normalized spacial score (nSPS) is 10.5. The zero-order chi connectivity index (χ0) is 16.2.